The molecule has 1 aliphatic rings. The number of fused-ring (bicyclic) bond motifs is 3. The molecular formula is C25H20N2O5. The van der Waals surface area contributed by atoms with E-state index in [4.69, 9.17) is 4.74 Å². The van der Waals surface area contributed by atoms with Crippen LogP contribution in [-0.4, -0.2) is 30.5 Å². The number of hydrogen-bond acceptors (Lipinski definition) is 5. The second-order valence-corrected chi connectivity index (χ2v) is 7.30. The highest BCUT2D eigenvalue weighted by Gasteiger charge is 2.28. The third-order valence-electron chi connectivity index (χ3n) is 5.41. The summed E-state index contributed by atoms with van der Waals surface area (Å²) in [5.41, 5.74) is 5.18. The largest absolute Gasteiger partial charge is 0.449 e. The summed E-state index contributed by atoms with van der Waals surface area (Å²) in [6, 6.07) is 20.2. The number of nitro groups is 1. The molecule has 0 radical (unpaired) electrons. The molecule has 32 heavy (non-hydrogen) atoms. The van der Waals surface area contributed by atoms with Gasteiger partial charge >= 0.3 is 6.09 Å². The lowest BCUT2D eigenvalue weighted by atomic mass is 9.98. The first-order valence-corrected chi connectivity index (χ1v) is 10.1. The van der Waals surface area contributed by atoms with Crippen molar-refractivity contribution >= 4 is 24.1 Å². The molecule has 3 aromatic rings. The van der Waals surface area contributed by atoms with E-state index in [-0.39, 0.29) is 30.3 Å². The van der Waals surface area contributed by atoms with Gasteiger partial charge in [0.15, 0.2) is 6.29 Å². The van der Waals surface area contributed by atoms with Gasteiger partial charge in [-0.2, -0.15) is 0 Å². The topological polar surface area (TPSA) is 98.5 Å². The van der Waals surface area contributed by atoms with Crippen LogP contribution in [0.15, 0.2) is 72.8 Å². The summed E-state index contributed by atoms with van der Waals surface area (Å²) in [4.78, 5) is 33.6. The molecule has 3 aromatic carbocycles. The second kappa shape index (κ2) is 9.26. The number of rotatable bonds is 7. The number of amides is 1. The zero-order chi connectivity index (χ0) is 22.5. The van der Waals surface area contributed by atoms with E-state index in [0.29, 0.717) is 11.8 Å². The highest BCUT2D eigenvalue weighted by atomic mass is 16.6. The lowest BCUT2D eigenvalue weighted by molar-refractivity contribution is -0.384. The van der Waals surface area contributed by atoms with Gasteiger partial charge in [0.1, 0.15) is 6.61 Å². The Kier molecular flexibility index (Phi) is 6.07. The maximum Gasteiger partial charge on any atom is 0.407 e. The SMILES string of the molecule is O=Cc1cc([N+](=O)[O-])ccc1C=CCNC(=O)OCC1c2ccccc2-c2ccccc21. The maximum atomic E-state index is 12.2. The van der Waals surface area contributed by atoms with Gasteiger partial charge in [0, 0.05) is 30.2 Å². The van der Waals surface area contributed by atoms with Crippen LogP contribution in [0.1, 0.15) is 33.0 Å². The van der Waals surface area contributed by atoms with Gasteiger partial charge in [-0.05, 0) is 33.9 Å². The van der Waals surface area contributed by atoms with Crippen LogP contribution in [0.4, 0.5) is 10.5 Å². The van der Waals surface area contributed by atoms with Gasteiger partial charge in [0.2, 0.25) is 0 Å². The number of nitrogens with one attached hydrogen (secondary N) is 1. The van der Waals surface area contributed by atoms with Gasteiger partial charge < -0.3 is 10.1 Å². The number of nitrogens with zero attached hydrogens (tertiary/aromatic N) is 1. The summed E-state index contributed by atoms with van der Waals surface area (Å²) in [6.07, 6.45) is 3.29. The summed E-state index contributed by atoms with van der Waals surface area (Å²) in [6.45, 7) is 0.410. The molecule has 0 aromatic heterocycles. The number of nitro benzene ring substituents is 1. The van der Waals surface area contributed by atoms with E-state index >= 15 is 0 Å². The highest BCUT2D eigenvalue weighted by molar-refractivity contribution is 5.83. The summed E-state index contributed by atoms with van der Waals surface area (Å²) >= 11 is 0. The fraction of sp³-hybridized carbons (Fsp3) is 0.120. The Hall–Kier alpha value is -4.26. The summed E-state index contributed by atoms with van der Waals surface area (Å²) in [5.74, 6) is -0.0149. The molecule has 0 unspecified atom stereocenters. The van der Waals surface area contributed by atoms with Crippen molar-refractivity contribution in [2.45, 2.75) is 5.92 Å². The molecule has 160 valence electrons. The van der Waals surface area contributed by atoms with Gasteiger partial charge in [0.25, 0.3) is 5.69 Å². The number of benzene rings is 3. The molecule has 0 fully saturated rings. The van der Waals surface area contributed by atoms with E-state index < -0.39 is 11.0 Å². The first-order valence-electron chi connectivity index (χ1n) is 10.1. The Morgan fingerprint density at radius 1 is 1.00 bits per heavy atom. The van der Waals surface area contributed by atoms with Gasteiger partial charge in [-0.1, -0.05) is 60.7 Å². The summed E-state index contributed by atoms with van der Waals surface area (Å²) in [7, 11) is 0. The van der Waals surface area contributed by atoms with Crippen molar-refractivity contribution in [3.05, 3.63) is 105 Å². The second-order valence-electron chi connectivity index (χ2n) is 7.30. The fourth-order valence-corrected chi connectivity index (χ4v) is 3.91. The average molecular weight is 428 g/mol. The number of aldehydes is 1. The van der Waals surface area contributed by atoms with Crippen LogP contribution >= 0.6 is 0 Å². The molecular weight excluding hydrogens is 408 g/mol. The normalized spacial score (nSPS) is 12.2. The molecule has 0 heterocycles. The Labute approximate surface area is 184 Å². The Balaban J connectivity index is 1.34. The highest BCUT2D eigenvalue weighted by Crippen LogP contribution is 2.44. The zero-order valence-electron chi connectivity index (χ0n) is 17.1. The number of ether oxygens (including phenoxy) is 1. The third-order valence-corrected chi connectivity index (χ3v) is 5.41. The van der Waals surface area contributed by atoms with Crippen LogP contribution in [0.2, 0.25) is 0 Å². The van der Waals surface area contributed by atoms with Crippen LogP contribution in [-0.2, 0) is 4.74 Å². The monoisotopic (exact) mass is 428 g/mol. The van der Waals surface area contributed by atoms with Gasteiger partial charge in [-0.25, -0.2) is 4.79 Å². The van der Waals surface area contributed by atoms with Crippen LogP contribution in [0.25, 0.3) is 17.2 Å². The van der Waals surface area contributed by atoms with E-state index in [1.807, 2.05) is 24.3 Å². The Morgan fingerprint density at radius 3 is 2.28 bits per heavy atom. The number of non-ortho nitro benzene ring substituents is 1. The molecule has 7 nitrogen and oxygen atoms in total. The fourth-order valence-electron chi connectivity index (χ4n) is 3.91. The van der Waals surface area contributed by atoms with E-state index in [2.05, 4.69) is 29.6 Å². The maximum absolute atomic E-state index is 12.2. The standard InChI is InChI=1S/C25H20N2O5/c28-15-18-14-19(27(30)31)12-11-17(18)6-5-13-26-25(29)32-16-24-22-9-3-1-7-20(22)21-8-2-4-10-23(21)24/h1-12,14-15,24H,13,16H2,(H,26,29). The van der Waals surface area contributed by atoms with Crippen LogP contribution in [0, 0.1) is 10.1 Å². The molecule has 1 amide bonds. The summed E-state index contributed by atoms with van der Waals surface area (Å²) < 4.78 is 5.46. The lowest BCUT2D eigenvalue weighted by Gasteiger charge is -2.14. The van der Waals surface area contributed by atoms with Crippen molar-refractivity contribution in [3.8, 4) is 11.1 Å². The van der Waals surface area contributed by atoms with Crippen molar-refractivity contribution in [2.75, 3.05) is 13.2 Å². The van der Waals surface area contributed by atoms with Gasteiger partial charge in [0.05, 0.1) is 4.92 Å². The van der Waals surface area contributed by atoms with Crippen LogP contribution in [0.3, 0.4) is 0 Å². The number of alkyl carbamates (subject to hydrolysis) is 1. The Bertz CT molecular complexity index is 1170. The van der Waals surface area contributed by atoms with Crippen LogP contribution < -0.4 is 5.32 Å². The molecule has 1 aliphatic carbocycles. The minimum atomic E-state index is -0.556. The predicted octanol–water partition coefficient (Wildman–Crippen LogP) is 4.96. The molecule has 1 N–H and O–H groups in total. The molecule has 7 heteroatoms. The molecule has 0 saturated carbocycles. The number of hydrogen-bond donors (Lipinski definition) is 1. The molecule has 0 aliphatic heterocycles. The number of carbonyl (C=O) groups is 2. The van der Waals surface area contributed by atoms with Crippen molar-refractivity contribution < 1.29 is 19.2 Å². The average Bonchev–Trinajstić information content (AvgIpc) is 3.14. The van der Waals surface area contributed by atoms with Gasteiger partial charge in [-0.15, -0.1) is 0 Å². The molecule has 0 bridgehead atoms. The van der Waals surface area contributed by atoms with Crippen molar-refractivity contribution in [2.24, 2.45) is 0 Å². The molecule has 0 saturated heterocycles. The number of carbonyl (C=O) groups excluding carboxylic acids is 2. The third kappa shape index (κ3) is 4.27. The lowest BCUT2D eigenvalue weighted by Crippen LogP contribution is -2.26. The Morgan fingerprint density at radius 2 is 1.66 bits per heavy atom. The predicted molar refractivity (Wildman–Crippen MR) is 121 cm³/mol. The van der Waals surface area contributed by atoms with Crippen molar-refractivity contribution in [1.29, 1.82) is 0 Å². The molecule has 4 rings (SSSR count). The van der Waals surface area contributed by atoms with E-state index in [0.717, 1.165) is 22.3 Å². The van der Waals surface area contributed by atoms with E-state index in [1.54, 1.807) is 12.2 Å². The van der Waals surface area contributed by atoms with E-state index in [9.17, 15) is 19.7 Å². The van der Waals surface area contributed by atoms with Crippen molar-refractivity contribution in [3.63, 3.8) is 0 Å². The summed E-state index contributed by atoms with van der Waals surface area (Å²) in [5, 5.41) is 13.5. The smallest absolute Gasteiger partial charge is 0.407 e. The van der Waals surface area contributed by atoms with E-state index in [1.165, 1.54) is 18.2 Å². The van der Waals surface area contributed by atoms with Crippen molar-refractivity contribution in [1.82, 2.24) is 5.32 Å². The molecule has 0 spiro atoms. The molecule has 0 atom stereocenters. The van der Waals surface area contributed by atoms with Crippen LogP contribution in [0.5, 0.6) is 0 Å². The zero-order valence-corrected chi connectivity index (χ0v) is 17.1. The minimum Gasteiger partial charge on any atom is -0.449 e. The quantitative estimate of drug-likeness (QED) is 0.326. The minimum absolute atomic E-state index is 0.0149. The first-order chi connectivity index (χ1) is 15.6. The van der Waals surface area contributed by atoms with Gasteiger partial charge in [-0.3, -0.25) is 14.9 Å². The first kappa shape index (κ1) is 21.0.